The van der Waals surface area contributed by atoms with Crippen LogP contribution < -0.4 is 4.90 Å². The molecule has 0 saturated heterocycles. The number of hydrogen-bond donors (Lipinski definition) is 1. The van der Waals surface area contributed by atoms with Crippen LogP contribution in [0.25, 0.3) is 11.0 Å². The smallest absolute Gasteiger partial charge is 0.271 e. The maximum atomic E-state index is 10.9. The van der Waals surface area contributed by atoms with Crippen molar-refractivity contribution in [2.45, 2.75) is 6.54 Å². The Morgan fingerprint density at radius 2 is 2.00 bits per heavy atom. The van der Waals surface area contributed by atoms with Crippen LogP contribution in [0.4, 0.5) is 11.4 Å². The minimum Gasteiger partial charge on any atom is -0.452 e. The molecule has 3 aromatic rings. The summed E-state index contributed by atoms with van der Waals surface area (Å²) in [5.41, 5.74) is 2.34. The average Bonchev–Trinajstić information content (AvgIpc) is 3.05. The van der Waals surface area contributed by atoms with Crippen LogP contribution in [-0.4, -0.2) is 10.8 Å². The number of rotatable bonds is 2. The third-order valence-corrected chi connectivity index (χ3v) is 3.85. The van der Waals surface area contributed by atoms with Crippen molar-refractivity contribution >= 4 is 28.2 Å². The van der Waals surface area contributed by atoms with Gasteiger partial charge in [-0.15, -0.1) is 0 Å². The molecule has 6 heteroatoms. The molecule has 0 radical (unpaired) electrons. The van der Waals surface area contributed by atoms with Crippen molar-refractivity contribution in [2.75, 3.05) is 4.90 Å². The second kappa shape index (κ2) is 4.42. The number of furan rings is 1. The molecule has 0 fully saturated rings. The lowest BCUT2D eigenvalue weighted by Crippen LogP contribution is -2.23. The van der Waals surface area contributed by atoms with Crippen LogP contribution in [0.3, 0.4) is 0 Å². The summed E-state index contributed by atoms with van der Waals surface area (Å²) in [6.07, 6.45) is 0. The summed E-state index contributed by atoms with van der Waals surface area (Å²) in [6, 6.07) is 14.0. The van der Waals surface area contributed by atoms with E-state index in [0.717, 1.165) is 16.5 Å². The van der Waals surface area contributed by atoms with Gasteiger partial charge in [0.25, 0.3) is 5.69 Å². The third kappa shape index (κ3) is 1.70. The first-order chi connectivity index (χ1) is 10.6. The lowest BCUT2D eigenvalue weighted by Gasteiger charge is -2.17. The predicted octanol–water partition coefficient (Wildman–Crippen LogP) is 3.69. The molecular weight excluding hydrogens is 282 g/mol. The number of nitro groups is 1. The number of fused-ring (bicyclic) bond motifs is 3. The molecule has 22 heavy (non-hydrogen) atoms. The number of para-hydroxylation sites is 1. The van der Waals surface area contributed by atoms with E-state index in [9.17, 15) is 10.1 Å². The lowest BCUT2D eigenvalue weighted by atomic mass is 10.1. The lowest BCUT2D eigenvalue weighted by molar-refractivity contribution is -0.384. The van der Waals surface area contributed by atoms with Crippen molar-refractivity contribution in [1.82, 2.24) is 0 Å². The van der Waals surface area contributed by atoms with E-state index in [1.54, 1.807) is 17.0 Å². The van der Waals surface area contributed by atoms with Crippen LogP contribution in [-0.2, 0) is 6.54 Å². The summed E-state index contributed by atoms with van der Waals surface area (Å²) in [7, 11) is 0. The molecular formula is C16H11N3O3. The molecule has 1 aliphatic rings. The van der Waals surface area contributed by atoms with Crippen LogP contribution in [0, 0.1) is 15.5 Å². The Labute approximate surface area is 125 Å². The van der Waals surface area contributed by atoms with E-state index in [2.05, 4.69) is 0 Å². The van der Waals surface area contributed by atoms with Gasteiger partial charge in [-0.25, -0.2) is 0 Å². The number of anilines is 1. The van der Waals surface area contributed by atoms with Crippen LogP contribution in [0.5, 0.6) is 0 Å². The van der Waals surface area contributed by atoms with Crippen molar-refractivity contribution in [3.63, 3.8) is 0 Å². The van der Waals surface area contributed by atoms with E-state index >= 15 is 0 Å². The third-order valence-electron chi connectivity index (χ3n) is 3.85. The van der Waals surface area contributed by atoms with Crippen LogP contribution in [0.1, 0.15) is 11.3 Å². The van der Waals surface area contributed by atoms with Gasteiger partial charge >= 0.3 is 0 Å². The number of nitro benzene ring substituents is 1. The largest absolute Gasteiger partial charge is 0.452 e. The fraction of sp³-hybridized carbons (Fsp3) is 0.0625. The zero-order chi connectivity index (χ0) is 15.3. The van der Waals surface area contributed by atoms with E-state index in [1.165, 1.54) is 12.1 Å². The quantitative estimate of drug-likeness (QED) is 0.577. The molecule has 1 N–H and O–H groups in total. The molecule has 0 atom stereocenters. The van der Waals surface area contributed by atoms with Gasteiger partial charge in [-0.1, -0.05) is 24.3 Å². The highest BCUT2D eigenvalue weighted by atomic mass is 16.6. The summed E-state index contributed by atoms with van der Waals surface area (Å²) in [4.78, 5) is 12.2. The highest BCUT2D eigenvalue weighted by molar-refractivity contribution is 6.13. The predicted molar refractivity (Wildman–Crippen MR) is 82.3 cm³/mol. The van der Waals surface area contributed by atoms with Gasteiger partial charge in [-0.2, -0.15) is 0 Å². The minimum absolute atomic E-state index is 0.0127. The number of amidine groups is 1. The summed E-state index contributed by atoms with van der Waals surface area (Å²) in [5, 5.41) is 20.2. The molecule has 4 rings (SSSR count). The molecule has 6 nitrogen and oxygen atoms in total. The number of benzene rings is 2. The summed E-state index contributed by atoms with van der Waals surface area (Å²) in [6.45, 7) is 0.479. The minimum atomic E-state index is -0.434. The normalized spacial score (nSPS) is 13.6. The van der Waals surface area contributed by atoms with Gasteiger partial charge in [-0.3, -0.25) is 15.5 Å². The van der Waals surface area contributed by atoms with Crippen molar-refractivity contribution in [1.29, 1.82) is 5.41 Å². The average molecular weight is 293 g/mol. The highest BCUT2D eigenvalue weighted by Crippen LogP contribution is 2.36. The number of nitrogens with zero attached hydrogens (tertiary/aromatic N) is 2. The summed E-state index contributed by atoms with van der Waals surface area (Å²) in [5.74, 6) is 0.763. The Morgan fingerprint density at radius 1 is 1.18 bits per heavy atom. The zero-order valence-electron chi connectivity index (χ0n) is 11.4. The first kappa shape index (κ1) is 12.6. The number of hydrogen-bond acceptors (Lipinski definition) is 4. The van der Waals surface area contributed by atoms with E-state index in [1.807, 2.05) is 24.3 Å². The van der Waals surface area contributed by atoms with Gasteiger partial charge in [0.2, 0.25) is 0 Å². The monoisotopic (exact) mass is 293 g/mol. The molecule has 1 aromatic heterocycles. The fourth-order valence-corrected chi connectivity index (χ4v) is 2.80. The van der Waals surface area contributed by atoms with Gasteiger partial charge in [0.1, 0.15) is 5.58 Å². The van der Waals surface area contributed by atoms with Crippen molar-refractivity contribution in [3.8, 4) is 0 Å². The summed E-state index contributed by atoms with van der Waals surface area (Å²) >= 11 is 0. The first-order valence-corrected chi connectivity index (χ1v) is 6.76. The van der Waals surface area contributed by atoms with Crippen molar-refractivity contribution in [2.24, 2.45) is 0 Å². The topological polar surface area (TPSA) is 83.4 Å². The van der Waals surface area contributed by atoms with Gasteiger partial charge in [0.15, 0.2) is 11.6 Å². The molecule has 2 aromatic carbocycles. The molecule has 0 aliphatic carbocycles. The molecule has 0 spiro atoms. The van der Waals surface area contributed by atoms with Crippen LogP contribution in [0.2, 0.25) is 0 Å². The van der Waals surface area contributed by atoms with Gasteiger partial charge in [0.05, 0.1) is 11.5 Å². The van der Waals surface area contributed by atoms with E-state index in [4.69, 9.17) is 9.83 Å². The Morgan fingerprint density at radius 3 is 2.82 bits per heavy atom. The van der Waals surface area contributed by atoms with E-state index < -0.39 is 4.92 Å². The fourth-order valence-electron chi connectivity index (χ4n) is 2.80. The molecule has 0 bridgehead atoms. The maximum absolute atomic E-state index is 10.9. The van der Waals surface area contributed by atoms with Crippen LogP contribution in [0.15, 0.2) is 52.9 Å². The standard InChI is InChI=1S/C16H11N3O3/c17-16-15-13(12-6-1-2-7-14(12)22-15)9-18(16)10-4-3-5-11(8-10)19(20)21/h1-8,17H,9H2. The Bertz CT molecular complexity index is 929. The molecule has 2 heterocycles. The number of non-ortho nitro benzene ring substituents is 1. The van der Waals surface area contributed by atoms with Crippen LogP contribution >= 0.6 is 0 Å². The number of nitrogens with one attached hydrogen (secondary N) is 1. The van der Waals surface area contributed by atoms with Gasteiger partial charge in [-0.05, 0) is 12.1 Å². The second-order valence-electron chi connectivity index (χ2n) is 5.12. The van der Waals surface area contributed by atoms with Gasteiger partial charge < -0.3 is 9.32 Å². The zero-order valence-corrected chi connectivity index (χ0v) is 11.4. The molecule has 1 aliphatic heterocycles. The van der Waals surface area contributed by atoms with E-state index in [0.29, 0.717) is 18.0 Å². The second-order valence-corrected chi connectivity index (χ2v) is 5.12. The Balaban J connectivity index is 1.78. The Kier molecular flexibility index (Phi) is 2.53. The van der Waals surface area contributed by atoms with Gasteiger partial charge in [0, 0.05) is 28.8 Å². The molecule has 0 unspecified atom stereocenters. The van der Waals surface area contributed by atoms with Crippen molar-refractivity contribution in [3.05, 3.63) is 70.0 Å². The first-order valence-electron chi connectivity index (χ1n) is 6.76. The van der Waals surface area contributed by atoms with E-state index in [-0.39, 0.29) is 11.5 Å². The highest BCUT2D eigenvalue weighted by Gasteiger charge is 2.31. The maximum Gasteiger partial charge on any atom is 0.271 e. The molecule has 0 saturated carbocycles. The SMILES string of the molecule is N=C1c2oc3ccccc3c2CN1c1cccc([N+](=O)[O-])c1. The molecule has 0 amide bonds. The van der Waals surface area contributed by atoms with Crippen molar-refractivity contribution < 1.29 is 9.34 Å². The Hall–Kier alpha value is -3.15. The summed E-state index contributed by atoms with van der Waals surface area (Å²) < 4.78 is 5.75. The molecule has 108 valence electrons.